The van der Waals surface area contributed by atoms with Crippen LogP contribution in [0.1, 0.15) is 17.5 Å². The van der Waals surface area contributed by atoms with Crippen LogP contribution in [0.4, 0.5) is 5.82 Å². The minimum Gasteiger partial charge on any atom is -0.388 e. The Kier molecular flexibility index (Phi) is 7.99. The third-order valence-electron chi connectivity index (χ3n) is 4.91. The Bertz CT molecular complexity index is 1260. The Morgan fingerprint density at radius 1 is 1.06 bits per heavy atom. The van der Waals surface area contributed by atoms with Crippen LogP contribution in [0.3, 0.4) is 0 Å². The fourth-order valence-corrected chi connectivity index (χ4v) is 3.49. The molecule has 0 radical (unpaired) electrons. The summed E-state index contributed by atoms with van der Waals surface area (Å²) in [5, 5.41) is 20.5. The van der Waals surface area contributed by atoms with Crippen LogP contribution in [0.25, 0.3) is 11.3 Å². The molecule has 0 bridgehead atoms. The van der Waals surface area contributed by atoms with E-state index in [2.05, 4.69) is 15.6 Å². The molecule has 1 heterocycles. The van der Waals surface area contributed by atoms with Gasteiger partial charge in [-0.25, -0.2) is 4.98 Å². The van der Waals surface area contributed by atoms with Crippen molar-refractivity contribution in [1.82, 2.24) is 14.9 Å². The molecule has 3 aromatic rings. The van der Waals surface area contributed by atoms with Gasteiger partial charge in [0.15, 0.2) is 11.0 Å². The zero-order valence-corrected chi connectivity index (χ0v) is 19.0. The first-order valence-electron chi connectivity index (χ1n) is 10.4. The minimum atomic E-state index is -0.521. The second-order valence-corrected chi connectivity index (χ2v) is 7.80. The van der Waals surface area contributed by atoms with E-state index in [1.807, 2.05) is 6.07 Å². The zero-order valence-electron chi connectivity index (χ0n) is 18.3. The molecule has 0 unspecified atom stereocenters. The first-order chi connectivity index (χ1) is 16.3. The highest BCUT2D eigenvalue weighted by molar-refractivity contribution is 6.32. The van der Waals surface area contributed by atoms with Gasteiger partial charge >= 0.3 is 0 Å². The summed E-state index contributed by atoms with van der Waals surface area (Å²) in [4.78, 5) is 30.1. The Morgan fingerprint density at radius 2 is 1.74 bits per heavy atom. The molecule has 11 heteroatoms. The van der Waals surface area contributed by atoms with Crippen molar-refractivity contribution in [1.29, 1.82) is 10.8 Å². The number of carbonyl (C=O) groups is 1. The summed E-state index contributed by atoms with van der Waals surface area (Å²) >= 11 is 6.44. The van der Waals surface area contributed by atoms with Crippen LogP contribution in [-0.4, -0.2) is 33.7 Å². The summed E-state index contributed by atoms with van der Waals surface area (Å²) in [6.07, 6.45) is 0.224. The van der Waals surface area contributed by atoms with Gasteiger partial charge in [0.05, 0.1) is 11.5 Å². The molecule has 2 aromatic carbocycles. The lowest BCUT2D eigenvalue weighted by molar-refractivity contribution is -0.121. The maximum absolute atomic E-state index is 13.2. The van der Waals surface area contributed by atoms with Crippen molar-refractivity contribution in [2.75, 3.05) is 11.9 Å². The van der Waals surface area contributed by atoms with Gasteiger partial charge in [-0.05, 0) is 5.56 Å². The van der Waals surface area contributed by atoms with Crippen molar-refractivity contribution in [2.24, 2.45) is 11.5 Å². The average Bonchev–Trinajstić information content (AvgIpc) is 2.81. The molecule has 0 aliphatic heterocycles. The molecular formula is C23H25ClN8O2. The van der Waals surface area contributed by atoms with Gasteiger partial charge < -0.3 is 22.1 Å². The molecule has 0 saturated heterocycles. The number of carbonyl (C=O) groups excluding carboxylic acids is 1. The van der Waals surface area contributed by atoms with E-state index in [4.69, 9.17) is 33.9 Å². The first-order valence-corrected chi connectivity index (χ1v) is 10.8. The number of hydrogen-bond acceptors (Lipinski definition) is 6. The van der Waals surface area contributed by atoms with Gasteiger partial charge in [0.25, 0.3) is 5.56 Å². The average molecular weight is 481 g/mol. The van der Waals surface area contributed by atoms with Crippen LogP contribution in [-0.2, 0) is 17.9 Å². The fraction of sp³-hybridized carbons (Fsp3) is 0.174. The Hall–Kier alpha value is -4.18. The van der Waals surface area contributed by atoms with Gasteiger partial charge in [-0.2, -0.15) is 0 Å². The van der Waals surface area contributed by atoms with E-state index in [-0.39, 0.29) is 48.7 Å². The van der Waals surface area contributed by atoms with Crippen molar-refractivity contribution in [3.8, 4) is 11.3 Å². The number of amides is 1. The van der Waals surface area contributed by atoms with E-state index in [1.54, 1.807) is 48.5 Å². The first kappa shape index (κ1) is 24.5. The number of nitrogens with two attached hydrogens (primary N) is 2. The molecule has 8 N–H and O–H groups in total. The summed E-state index contributed by atoms with van der Waals surface area (Å²) in [6.45, 7) is 0.175. The van der Waals surface area contributed by atoms with Crippen LogP contribution in [0.15, 0.2) is 59.4 Å². The van der Waals surface area contributed by atoms with Gasteiger partial charge in [-0.1, -0.05) is 66.2 Å². The number of nitrogens with zero attached hydrogens (tertiary/aromatic N) is 2. The van der Waals surface area contributed by atoms with Crippen LogP contribution >= 0.6 is 11.6 Å². The third-order valence-corrected chi connectivity index (χ3v) is 5.18. The van der Waals surface area contributed by atoms with Crippen LogP contribution < -0.4 is 27.7 Å². The zero-order chi connectivity index (χ0) is 24.7. The molecule has 0 spiro atoms. The maximum Gasteiger partial charge on any atom is 0.294 e. The number of aromatic nitrogens is 2. The number of nitrogen functional groups attached to an aromatic ring is 1. The molecule has 34 heavy (non-hydrogen) atoms. The number of anilines is 1. The highest BCUT2D eigenvalue weighted by Crippen LogP contribution is 2.26. The number of nitrogens with one attached hydrogen (secondary N) is 4. The van der Waals surface area contributed by atoms with Gasteiger partial charge in [0.2, 0.25) is 5.91 Å². The third kappa shape index (κ3) is 6.20. The van der Waals surface area contributed by atoms with Gasteiger partial charge in [0, 0.05) is 30.6 Å². The minimum absolute atomic E-state index is 0.0291. The van der Waals surface area contributed by atoms with Crippen LogP contribution in [0.2, 0.25) is 5.15 Å². The van der Waals surface area contributed by atoms with Gasteiger partial charge in [0.1, 0.15) is 12.4 Å². The summed E-state index contributed by atoms with van der Waals surface area (Å²) in [5.74, 6) is -0.494. The highest BCUT2D eigenvalue weighted by atomic mass is 35.5. The number of amidine groups is 2. The van der Waals surface area contributed by atoms with Crippen molar-refractivity contribution in [3.05, 3.63) is 81.2 Å². The Labute approximate surface area is 201 Å². The smallest absolute Gasteiger partial charge is 0.294 e. The number of halogens is 1. The molecule has 0 atom stereocenters. The van der Waals surface area contributed by atoms with Gasteiger partial charge in [-0.15, -0.1) is 0 Å². The van der Waals surface area contributed by atoms with Crippen LogP contribution in [0, 0.1) is 10.8 Å². The van der Waals surface area contributed by atoms with E-state index >= 15 is 0 Å². The molecule has 176 valence electrons. The number of benzene rings is 2. The quantitative estimate of drug-likeness (QED) is 0.191. The molecule has 0 fully saturated rings. The lowest BCUT2D eigenvalue weighted by Gasteiger charge is -2.16. The number of rotatable bonds is 10. The topological polar surface area (TPSA) is 176 Å². The second kappa shape index (κ2) is 11.1. The SMILES string of the molecule is N=C(N)CCNc1nc(Cl)c(-c2ccccc2)n(CC(=O)NCc2ccc(C(=N)N)cc2)c1=O. The largest absolute Gasteiger partial charge is 0.388 e. The maximum atomic E-state index is 13.2. The predicted molar refractivity (Wildman–Crippen MR) is 133 cm³/mol. The lowest BCUT2D eigenvalue weighted by Crippen LogP contribution is -2.35. The Morgan fingerprint density at radius 3 is 2.35 bits per heavy atom. The number of hydrogen-bond donors (Lipinski definition) is 6. The summed E-state index contributed by atoms with van der Waals surface area (Å²) < 4.78 is 1.27. The molecule has 0 aliphatic rings. The summed E-state index contributed by atoms with van der Waals surface area (Å²) in [7, 11) is 0. The molecule has 1 amide bonds. The standard InChI is InChI=1S/C23H25ClN8O2/c24-20-19(15-4-2-1-3-5-15)32(23(34)22(31-20)29-11-10-17(25)26)13-18(33)30-12-14-6-8-16(9-7-14)21(27)28/h1-9H,10-13H2,(H3,25,26)(H3,27,28)(H,29,31)(H,30,33). The highest BCUT2D eigenvalue weighted by Gasteiger charge is 2.19. The van der Waals surface area contributed by atoms with E-state index in [0.717, 1.165) is 5.56 Å². The van der Waals surface area contributed by atoms with E-state index in [9.17, 15) is 9.59 Å². The summed E-state index contributed by atoms with van der Waals surface area (Å²) in [5.41, 5.74) is 12.7. The normalized spacial score (nSPS) is 10.5. The molecule has 3 rings (SSSR count). The van der Waals surface area contributed by atoms with E-state index < -0.39 is 11.5 Å². The molecule has 0 aliphatic carbocycles. The van der Waals surface area contributed by atoms with E-state index in [1.165, 1.54) is 4.57 Å². The Balaban J connectivity index is 1.85. The van der Waals surface area contributed by atoms with Crippen molar-refractivity contribution < 1.29 is 4.79 Å². The molecule has 1 aromatic heterocycles. The monoisotopic (exact) mass is 480 g/mol. The molecular weight excluding hydrogens is 456 g/mol. The van der Waals surface area contributed by atoms with Crippen LogP contribution in [0.5, 0.6) is 0 Å². The molecule has 0 saturated carbocycles. The van der Waals surface area contributed by atoms with Crippen molar-refractivity contribution >= 4 is 35.0 Å². The van der Waals surface area contributed by atoms with E-state index in [0.29, 0.717) is 16.8 Å². The van der Waals surface area contributed by atoms with Crippen molar-refractivity contribution in [3.63, 3.8) is 0 Å². The summed E-state index contributed by atoms with van der Waals surface area (Å²) in [6, 6.07) is 15.9. The lowest BCUT2D eigenvalue weighted by atomic mass is 10.1. The predicted octanol–water partition coefficient (Wildman–Crippen LogP) is 1.90. The van der Waals surface area contributed by atoms with Gasteiger partial charge in [-0.3, -0.25) is 25.0 Å². The molecule has 10 nitrogen and oxygen atoms in total. The second-order valence-electron chi connectivity index (χ2n) is 7.45. The van der Waals surface area contributed by atoms with Crippen molar-refractivity contribution in [2.45, 2.75) is 19.5 Å². The fourth-order valence-electron chi connectivity index (χ4n) is 3.19.